The molecular formula is C11H10N2O2S. The maximum atomic E-state index is 10.6. The molecule has 2 rings (SSSR count). The molecule has 16 heavy (non-hydrogen) atoms. The van der Waals surface area contributed by atoms with E-state index in [0.717, 1.165) is 21.8 Å². The Morgan fingerprint density at radius 3 is 2.62 bits per heavy atom. The van der Waals surface area contributed by atoms with Crippen molar-refractivity contribution in [2.24, 2.45) is 0 Å². The highest BCUT2D eigenvalue weighted by atomic mass is 32.1. The molecule has 0 fully saturated rings. The van der Waals surface area contributed by atoms with Crippen molar-refractivity contribution in [2.45, 2.75) is 13.8 Å². The molecule has 0 spiro atoms. The zero-order valence-electron chi connectivity index (χ0n) is 8.93. The van der Waals surface area contributed by atoms with Gasteiger partial charge in [-0.15, -0.1) is 11.3 Å². The number of thiazole rings is 1. The van der Waals surface area contributed by atoms with E-state index in [2.05, 4.69) is 4.98 Å². The summed E-state index contributed by atoms with van der Waals surface area (Å²) in [6.07, 6.45) is 0. The van der Waals surface area contributed by atoms with Crippen LogP contribution in [0.4, 0.5) is 5.69 Å². The lowest BCUT2D eigenvalue weighted by Crippen LogP contribution is -1.90. The van der Waals surface area contributed by atoms with Gasteiger partial charge in [-0.1, -0.05) is 0 Å². The van der Waals surface area contributed by atoms with Gasteiger partial charge in [0.2, 0.25) is 0 Å². The Morgan fingerprint density at radius 2 is 2.12 bits per heavy atom. The van der Waals surface area contributed by atoms with Crippen molar-refractivity contribution in [1.82, 2.24) is 4.98 Å². The van der Waals surface area contributed by atoms with E-state index in [0.29, 0.717) is 0 Å². The summed E-state index contributed by atoms with van der Waals surface area (Å²) in [6.45, 7) is 3.80. The van der Waals surface area contributed by atoms with Crippen LogP contribution in [0.2, 0.25) is 0 Å². The van der Waals surface area contributed by atoms with E-state index in [1.165, 1.54) is 6.07 Å². The standard InChI is InChI=1S/C11H10N2O2S/c1-7-5-9(13(14)15)3-4-10(7)11-6-16-8(2)12-11/h3-6H,1-2H3. The van der Waals surface area contributed by atoms with Crippen LogP contribution in [0.15, 0.2) is 23.6 Å². The van der Waals surface area contributed by atoms with Crippen LogP contribution in [-0.4, -0.2) is 9.91 Å². The summed E-state index contributed by atoms with van der Waals surface area (Å²) in [4.78, 5) is 14.6. The molecule has 0 bridgehead atoms. The zero-order valence-corrected chi connectivity index (χ0v) is 9.75. The van der Waals surface area contributed by atoms with Crippen molar-refractivity contribution < 1.29 is 4.92 Å². The van der Waals surface area contributed by atoms with Gasteiger partial charge >= 0.3 is 0 Å². The Morgan fingerprint density at radius 1 is 1.38 bits per heavy atom. The number of nitrogens with zero attached hydrogens (tertiary/aromatic N) is 2. The molecule has 1 aromatic carbocycles. The summed E-state index contributed by atoms with van der Waals surface area (Å²) in [6, 6.07) is 4.84. The van der Waals surface area contributed by atoms with Crippen LogP contribution in [0.5, 0.6) is 0 Å². The van der Waals surface area contributed by atoms with Gasteiger partial charge in [0, 0.05) is 23.1 Å². The highest BCUT2D eigenvalue weighted by Gasteiger charge is 2.10. The number of nitro benzene ring substituents is 1. The summed E-state index contributed by atoms with van der Waals surface area (Å²) in [5.41, 5.74) is 2.83. The molecular weight excluding hydrogens is 224 g/mol. The molecule has 0 unspecified atom stereocenters. The number of hydrogen-bond donors (Lipinski definition) is 0. The van der Waals surface area contributed by atoms with E-state index in [1.54, 1.807) is 23.5 Å². The van der Waals surface area contributed by atoms with Crippen LogP contribution in [0.3, 0.4) is 0 Å². The normalized spacial score (nSPS) is 10.4. The number of hydrogen-bond acceptors (Lipinski definition) is 4. The molecule has 0 aliphatic rings. The van der Waals surface area contributed by atoms with E-state index in [9.17, 15) is 10.1 Å². The zero-order chi connectivity index (χ0) is 11.7. The highest BCUT2D eigenvalue weighted by Crippen LogP contribution is 2.27. The van der Waals surface area contributed by atoms with E-state index >= 15 is 0 Å². The first-order chi connectivity index (χ1) is 7.58. The van der Waals surface area contributed by atoms with Crippen molar-refractivity contribution in [2.75, 3.05) is 0 Å². The molecule has 0 atom stereocenters. The molecule has 5 heteroatoms. The molecule has 1 aromatic heterocycles. The predicted octanol–water partition coefficient (Wildman–Crippen LogP) is 3.34. The summed E-state index contributed by atoms with van der Waals surface area (Å²) in [5, 5.41) is 13.6. The summed E-state index contributed by atoms with van der Waals surface area (Å²) < 4.78 is 0. The van der Waals surface area contributed by atoms with E-state index in [1.807, 2.05) is 19.2 Å². The van der Waals surface area contributed by atoms with E-state index in [-0.39, 0.29) is 10.6 Å². The lowest BCUT2D eigenvalue weighted by Gasteiger charge is -2.01. The molecule has 4 nitrogen and oxygen atoms in total. The molecule has 0 radical (unpaired) electrons. The second-order valence-corrected chi connectivity index (χ2v) is 4.57. The number of aryl methyl sites for hydroxylation is 2. The SMILES string of the molecule is Cc1nc(-c2ccc([N+](=O)[O-])cc2C)cs1. The van der Waals surface area contributed by atoms with Crippen LogP contribution in [0, 0.1) is 24.0 Å². The van der Waals surface area contributed by atoms with Gasteiger partial charge in [-0.25, -0.2) is 4.98 Å². The third-order valence-corrected chi connectivity index (χ3v) is 3.09. The first kappa shape index (κ1) is 10.8. The third-order valence-electron chi connectivity index (χ3n) is 2.32. The Balaban J connectivity index is 2.47. The van der Waals surface area contributed by atoms with Gasteiger partial charge in [0.1, 0.15) is 0 Å². The fraction of sp³-hybridized carbons (Fsp3) is 0.182. The van der Waals surface area contributed by atoms with Crippen LogP contribution in [0.25, 0.3) is 11.3 Å². The summed E-state index contributed by atoms with van der Waals surface area (Å²) in [7, 11) is 0. The maximum absolute atomic E-state index is 10.6. The topological polar surface area (TPSA) is 56.0 Å². The first-order valence-electron chi connectivity index (χ1n) is 4.75. The number of aromatic nitrogens is 1. The Bertz CT molecular complexity index is 549. The lowest BCUT2D eigenvalue weighted by atomic mass is 10.1. The minimum atomic E-state index is -0.386. The van der Waals surface area contributed by atoms with Crippen molar-refractivity contribution in [3.63, 3.8) is 0 Å². The summed E-state index contributed by atoms with van der Waals surface area (Å²) in [5.74, 6) is 0. The maximum Gasteiger partial charge on any atom is 0.269 e. The second-order valence-electron chi connectivity index (χ2n) is 3.51. The monoisotopic (exact) mass is 234 g/mol. The number of nitro groups is 1. The van der Waals surface area contributed by atoms with Crippen LogP contribution in [-0.2, 0) is 0 Å². The fourth-order valence-corrected chi connectivity index (χ4v) is 2.15. The Kier molecular flexibility index (Phi) is 2.70. The largest absolute Gasteiger partial charge is 0.269 e. The molecule has 0 aliphatic carbocycles. The van der Waals surface area contributed by atoms with Gasteiger partial charge in [-0.2, -0.15) is 0 Å². The lowest BCUT2D eigenvalue weighted by molar-refractivity contribution is -0.384. The second kappa shape index (κ2) is 4.02. The minimum absolute atomic E-state index is 0.119. The molecule has 2 aromatic rings. The van der Waals surface area contributed by atoms with Gasteiger partial charge in [0.05, 0.1) is 15.6 Å². The third kappa shape index (κ3) is 1.94. The quantitative estimate of drug-likeness (QED) is 0.591. The Labute approximate surface area is 96.7 Å². The molecule has 82 valence electrons. The molecule has 0 amide bonds. The van der Waals surface area contributed by atoms with Crippen LogP contribution >= 0.6 is 11.3 Å². The Hall–Kier alpha value is -1.75. The molecule has 0 saturated heterocycles. The minimum Gasteiger partial charge on any atom is -0.258 e. The van der Waals surface area contributed by atoms with Crippen molar-refractivity contribution in [3.05, 3.63) is 44.3 Å². The first-order valence-corrected chi connectivity index (χ1v) is 5.63. The smallest absolute Gasteiger partial charge is 0.258 e. The van der Waals surface area contributed by atoms with Gasteiger partial charge in [0.25, 0.3) is 5.69 Å². The average Bonchev–Trinajstić information content (AvgIpc) is 2.64. The number of non-ortho nitro benzene ring substituents is 1. The van der Waals surface area contributed by atoms with Gasteiger partial charge < -0.3 is 0 Å². The molecule has 0 saturated carbocycles. The highest BCUT2D eigenvalue weighted by molar-refractivity contribution is 7.09. The van der Waals surface area contributed by atoms with E-state index in [4.69, 9.17) is 0 Å². The molecule has 0 N–H and O–H groups in total. The van der Waals surface area contributed by atoms with Gasteiger partial charge in [-0.3, -0.25) is 10.1 Å². The van der Waals surface area contributed by atoms with Crippen LogP contribution in [0.1, 0.15) is 10.6 Å². The van der Waals surface area contributed by atoms with Gasteiger partial charge in [-0.05, 0) is 25.5 Å². The predicted molar refractivity (Wildman–Crippen MR) is 63.7 cm³/mol. The van der Waals surface area contributed by atoms with Crippen molar-refractivity contribution in [3.8, 4) is 11.3 Å². The van der Waals surface area contributed by atoms with Crippen molar-refractivity contribution >= 4 is 17.0 Å². The van der Waals surface area contributed by atoms with E-state index < -0.39 is 0 Å². The van der Waals surface area contributed by atoms with Gasteiger partial charge in [0.15, 0.2) is 0 Å². The van der Waals surface area contributed by atoms with Crippen LogP contribution < -0.4 is 0 Å². The fourth-order valence-electron chi connectivity index (χ4n) is 1.54. The number of benzene rings is 1. The number of rotatable bonds is 2. The summed E-state index contributed by atoms with van der Waals surface area (Å²) >= 11 is 1.57. The molecule has 0 aliphatic heterocycles. The molecule has 1 heterocycles. The average molecular weight is 234 g/mol. The van der Waals surface area contributed by atoms with Crippen molar-refractivity contribution in [1.29, 1.82) is 0 Å².